The van der Waals surface area contributed by atoms with E-state index in [4.69, 9.17) is 4.74 Å². The summed E-state index contributed by atoms with van der Waals surface area (Å²) in [7, 11) is 0.0121. The molecule has 166 valence electrons. The lowest BCUT2D eigenvalue weighted by Crippen LogP contribution is -2.50. The molecule has 2 aromatic carbocycles. The van der Waals surface area contributed by atoms with Crippen molar-refractivity contribution in [2.24, 2.45) is 0 Å². The average molecular weight is 444 g/mol. The highest BCUT2D eigenvalue weighted by Gasteiger charge is 2.24. The molecule has 7 nitrogen and oxygen atoms in total. The van der Waals surface area contributed by atoms with E-state index < -0.39 is 10.8 Å². The monoisotopic (exact) mass is 443 g/mol. The van der Waals surface area contributed by atoms with Crippen molar-refractivity contribution in [1.82, 2.24) is 4.90 Å². The molecule has 1 atom stereocenters. The maximum atomic E-state index is 12.6. The van der Waals surface area contributed by atoms with Gasteiger partial charge in [-0.3, -0.25) is 13.8 Å². The molecule has 2 amide bonds. The van der Waals surface area contributed by atoms with Gasteiger partial charge in [-0.1, -0.05) is 12.1 Å². The lowest BCUT2D eigenvalue weighted by atomic mass is 10.1. The van der Waals surface area contributed by atoms with Crippen molar-refractivity contribution < 1.29 is 18.5 Å². The van der Waals surface area contributed by atoms with Gasteiger partial charge in [0.25, 0.3) is 0 Å². The molecule has 1 aliphatic rings. The number of ether oxygens (including phenoxy) is 1. The largest absolute Gasteiger partial charge is 0.497 e. The van der Waals surface area contributed by atoms with Crippen LogP contribution < -0.4 is 15.0 Å². The highest BCUT2D eigenvalue weighted by Crippen LogP contribution is 2.24. The van der Waals surface area contributed by atoms with Gasteiger partial charge >= 0.3 is 0 Å². The molecule has 0 spiro atoms. The van der Waals surface area contributed by atoms with E-state index in [-0.39, 0.29) is 23.3 Å². The smallest absolute Gasteiger partial charge is 0.237 e. The third-order valence-corrected chi connectivity index (χ3v) is 6.65. The minimum atomic E-state index is -1.55. The molecule has 1 heterocycles. The van der Waals surface area contributed by atoms with Gasteiger partial charge in [-0.2, -0.15) is 0 Å². The van der Waals surface area contributed by atoms with Gasteiger partial charge in [-0.05, 0) is 55.3 Å². The van der Waals surface area contributed by atoms with Crippen molar-refractivity contribution in [3.63, 3.8) is 0 Å². The Bertz CT molecular complexity index is 954. The molecule has 0 bridgehead atoms. The molecule has 1 N–H and O–H groups in total. The van der Waals surface area contributed by atoms with Gasteiger partial charge in [0.1, 0.15) is 17.3 Å². The Kier molecular flexibility index (Phi) is 7.68. The van der Waals surface area contributed by atoms with E-state index in [1.165, 1.54) is 16.8 Å². The van der Waals surface area contributed by atoms with Gasteiger partial charge in [0.15, 0.2) is 0 Å². The fraction of sp³-hybridized carbons (Fsp3) is 0.391. The van der Waals surface area contributed by atoms with Crippen molar-refractivity contribution in [2.75, 3.05) is 55.0 Å². The molecule has 0 radical (unpaired) electrons. The van der Waals surface area contributed by atoms with Crippen molar-refractivity contribution >= 4 is 34.0 Å². The molecule has 8 heteroatoms. The quantitative estimate of drug-likeness (QED) is 0.711. The first-order chi connectivity index (χ1) is 14.9. The number of hydrogen-bond donors (Lipinski definition) is 1. The summed E-state index contributed by atoms with van der Waals surface area (Å²) in [5.74, 6) is -0.211. The van der Waals surface area contributed by atoms with E-state index in [1.807, 2.05) is 0 Å². The zero-order valence-corrected chi connectivity index (χ0v) is 19.0. The maximum Gasteiger partial charge on any atom is 0.237 e. The summed E-state index contributed by atoms with van der Waals surface area (Å²) in [6, 6.07) is 13.1. The number of benzene rings is 2. The molecular weight excluding hydrogens is 414 g/mol. The zero-order valence-electron chi connectivity index (χ0n) is 18.2. The van der Waals surface area contributed by atoms with Crippen LogP contribution in [0.2, 0.25) is 0 Å². The second-order valence-electron chi connectivity index (χ2n) is 7.59. The zero-order chi connectivity index (χ0) is 22.4. The standard InChI is InChI=1S/C23H29N3O4S/c1-17-5-4-6-21(18(17)2)25-11-13-26(14-12-25)23(28)16-31(29)15-22(27)24-19-7-9-20(30-3)10-8-19/h4-10H,11-16H2,1-3H3,(H,24,27)/t31-/m0/s1. The number of hydrogen-bond acceptors (Lipinski definition) is 5. The predicted octanol–water partition coefficient (Wildman–Crippen LogP) is 2.35. The molecule has 1 aliphatic heterocycles. The molecule has 3 rings (SSSR count). The molecule has 0 saturated carbocycles. The van der Waals surface area contributed by atoms with Gasteiger partial charge in [-0.15, -0.1) is 0 Å². The topological polar surface area (TPSA) is 78.9 Å². The minimum absolute atomic E-state index is 0.139. The lowest BCUT2D eigenvalue weighted by molar-refractivity contribution is -0.128. The third kappa shape index (κ3) is 6.07. The first kappa shape index (κ1) is 22.8. The Labute approximate surface area is 185 Å². The number of aryl methyl sites for hydroxylation is 1. The number of amides is 2. The van der Waals surface area contributed by atoms with Crippen LogP contribution >= 0.6 is 0 Å². The predicted molar refractivity (Wildman–Crippen MR) is 124 cm³/mol. The van der Waals surface area contributed by atoms with E-state index in [2.05, 4.69) is 42.3 Å². The highest BCUT2D eigenvalue weighted by molar-refractivity contribution is 7.86. The second kappa shape index (κ2) is 10.4. The third-order valence-electron chi connectivity index (χ3n) is 5.50. The van der Waals surface area contributed by atoms with Crippen molar-refractivity contribution in [2.45, 2.75) is 13.8 Å². The Morgan fingerprint density at radius 2 is 1.68 bits per heavy atom. The average Bonchev–Trinajstić information content (AvgIpc) is 2.76. The number of methoxy groups -OCH3 is 1. The van der Waals surface area contributed by atoms with Crippen LogP contribution in [0.25, 0.3) is 0 Å². The fourth-order valence-corrected chi connectivity index (χ4v) is 4.50. The lowest BCUT2D eigenvalue weighted by Gasteiger charge is -2.37. The summed E-state index contributed by atoms with van der Waals surface area (Å²) < 4.78 is 17.4. The summed E-state index contributed by atoms with van der Waals surface area (Å²) in [6.45, 7) is 6.85. The maximum absolute atomic E-state index is 12.6. The van der Waals surface area contributed by atoms with Gasteiger partial charge in [0.2, 0.25) is 11.8 Å². The molecule has 31 heavy (non-hydrogen) atoms. The van der Waals surface area contributed by atoms with Crippen LogP contribution in [0.5, 0.6) is 5.75 Å². The Balaban J connectivity index is 1.45. The molecular formula is C23H29N3O4S. The molecule has 2 aromatic rings. The molecule has 1 saturated heterocycles. The van der Waals surface area contributed by atoms with E-state index in [1.54, 1.807) is 36.3 Å². The van der Waals surface area contributed by atoms with Crippen LogP contribution in [0, 0.1) is 13.8 Å². The van der Waals surface area contributed by atoms with Gasteiger partial charge in [-0.25, -0.2) is 0 Å². The van der Waals surface area contributed by atoms with Crippen LogP contribution in [0.3, 0.4) is 0 Å². The van der Waals surface area contributed by atoms with Crippen molar-refractivity contribution in [3.05, 3.63) is 53.6 Å². The summed E-state index contributed by atoms with van der Waals surface area (Å²) in [5.41, 5.74) is 4.30. The Morgan fingerprint density at radius 3 is 2.32 bits per heavy atom. The van der Waals surface area contributed by atoms with Crippen molar-refractivity contribution in [3.8, 4) is 5.75 Å². The van der Waals surface area contributed by atoms with E-state index in [0.29, 0.717) is 24.5 Å². The summed E-state index contributed by atoms with van der Waals surface area (Å²) in [4.78, 5) is 28.7. The van der Waals surface area contributed by atoms with Crippen LogP contribution in [-0.4, -0.2) is 65.7 Å². The summed E-state index contributed by atoms with van der Waals surface area (Å²) in [6.07, 6.45) is 0. The molecule has 1 fully saturated rings. The number of nitrogens with zero attached hydrogens (tertiary/aromatic N) is 2. The van der Waals surface area contributed by atoms with Crippen LogP contribution in [-0.2, 0) is 20.4 Å². The molecule has 0 aromatic heterocycles. The van der Waals surface area contributed by atoms with Gasteiger partial charge in [0, 0.05) is 48.4 Å². The fourth-order valence-electron chi connectivity index (χ4n) is 3.57. The summed E-state index contributed by atoms with van der Waals surface area (Å²) >= 11 is 0. The van der Waals surface area contributed by atoms with Crippen LogP contribution in [0.1, 0.15) is 11.1 Å². The SMILES string of the molecule is COc1ccc(NC(=O)C[S@](=O)CC(=O)N2CCN(c3cccc(C)c3C)CC2)cc1. The Morgan fingerprint density at radius 1 is 1.00 bits per heavy atom. The van der Waals surface area contributed by atoms with Crippen LogP contribution in [0.15, 0.2) is 42.5 Å². The van der Waals surface area contributed by atoms with Gasteiger partial charge < -0.3 is 19.9 Å². The van der Waals surface area contributed by atoms with Gasteiger partial charge in [0.05, 0.1) is 7.11 Å². The number of rotatable bonds is 7. The first-order valence-corrected chi connectivity index (χ1v) is 11.7. The van der Waals surface area contributed by atoms with E-state index >= 15 is 0 Å². The number of piperazine rings is 1. The Hall–Kier alpha value is -2.87. The number of nitrogens with one attached hydrogen (secondary N) is 1. The second-order valence-corrected chi connectivity index (χ2v) is 9.05. The number of carbonyl (C=O) groups is 2. The molecule has 0 aliphatic carbocycles. The highest BCUT2D eigenvalue weighted by atomic mass is 32.2. The summed E-state index contributed by atoms with van der Waals surface area (Å²) in [5, 5.41) is 2.69. The normalized spacial score (nSPS) is 14.8. The van der Waals surface area contributed by atoms with Crippen molar-refractivity contribution in [1.29, 1.82) is 0 Å². The minimum Gasteiger partial charge on any atom is -0.497 e. The first-order valence-electron chi connectivity index (χ1n) is 10.2. The number of anilines is 2. The number of carbonyl (C=O) groups excluding carboxylic acids is 2. The van der Waals surface area contributed by atoms with E-state index in [0.717, 1.165) is 13.1 Å². The van der Waals surface area contributed by atoms with Crippen LogP contribution in [0.4, 0.5) is 11.4 Å². The van der Waals surface area contributed by atoms with E-state index in [9.17, 15) is 13.8 Å². The molecule has 0 unspecified atom stereocenters.